The fourth-order valence-electron chi connectivity index (χ4n) is 2.26. The Morgan fingerprint density at radius 2 is 2.05 bits per heavy atom. The summed E-state index contributed by atoms with van der Waals surface area (Å²) in [5.74, 6) is 0.758. The molecule has 102 valence electrons. The fraction of sp³-hybridized carbons (Fsp3) is 0.438. The minimum absolute atomic E-state index is 0.758. The van der Waals surface area contributed by atoms with Crippen LogP contribution >= 0.6 is 0 Å². The quantitative estimate of drug-likeness (QED) is 0.629. The molecule has 0 aliphatic heterocycles. The first-order chi connectivity index (χ1) is 9.06. The van der Waals surface area contributed by atoms with Gasteiger partial charge in [-0.05, 0) is 49.9 Å². The van der Waals surface area contributed by atoms with Crippen molar-refractivity contribution in [3.8, 4) is 0 Å². The van der Waals surface area contributed by atoms with E-state index in [4.69, 9.17) is 5.73 Å². The van der Waals surface area contributed by atoms with Gasteiger partial charge in [-0.25, -0.2) is 0 Å². The molecular formula is C16H23N3. The number of nitrogen functional groups attached to an aromatic ring is 1. The van der Waals surface area contributed by atoms with Gasteiger partial charge in [0, 0.05) is 29.0 Å². The standard InChI is InChI=1S/C16H23N3/c1-11(2)5-4-8-18-16-9-12(3)19-15-7-6-13(17)10-14(15)16/h6-7,9-11H,4-5,8,17H2,1-3H3,(H,18,19). The molecule has 0 saturated carbocycles. The van der Waals surface area contributed by atoms with E-state index in [1.807, 2.05) is 25.1 Å². The van der Waals surface area contributed by atoms with Gasteiger partial charge in [-0.15, -0.1) is 0 Å². The normalized spacial score (nSPS) is 11.2. The van der Waals surface area contributed by atoms with E-state index in [9.17, 15) is 0 Å². The summed E-state index contributed by atoms with van der Waals surface area (Å²) in [5.41, 5.74) is 9.82. The van der Waals surface area contributed by atoms with Crippen LogP contribution in [0.25, 0.3) is 10.9 Å². The Morgan fingerprint density at radius 3 is 2.79 bits per heavy atom. The molecule has 1 heterocycles. The number of fused-ring (bicyclic) bond motifs is 1. The molecule has 0 aliphatic rings. The van der Waals surface area contributed by atoms with E-state index in [1.54, 1.807) is 0 Å². The summed E-state index contributed by atoms with van der Waals surface area (Å²) in [4.78, 5) is 4.54. The van der Waals surface area contributed by atoms with Gasteiger partial charge in [0.2, 0.25) is 0 Å². The second-order valence-electron chi connectivity index (χ2n) is 5.55. The number of anilines is 2. The predicted octanol–water partition coefficient (Wildman–Crippen LogP) is 3.97. The Bertz CT molecular complexity index is 561. The molecule has 0 bridgehead atoms. The number of nitrogens with one attached hydrogen (secondary N) is 1. The molecule has 0 spiro atoms. The van der Waals surface area contributed by atoms with Gasteiger partial charge < -0.3 is 11.1 Å². The second kappa shape index (κ2) is 5.91. The molecule has 19 heavy (non-hydrogen) atoms. The number of nitrogens with two attached hydrogens (primary N) is 1. The largest absolute Gasteiger partial charge is 0.399 e. The number of hydrogen-bond acceptors (Lipinski definition) is 3. The minimum Gasteiger partial charge on any atom is -0.399 e. The number of pyridine rings is 1. The first kappa shape index (κ1) is 13.7. The van der Waals surface area contributed by atoms with Gasteiger partial charge in [0.15, 0.2) is 0 Å². The Morgan fingerprint density at radius 1 is 1.26 bits per heavy atom. The van der Waals surface area contributed by atoms with Crippen molar-refractivity contribution in [2.75, 3.05) is 17.6 Å². The molecule has 2 rings (SSSR count). The maximum atomic E-state index is 5.87. The monoisotopic (exact) mass is 257 g/mol. The molecule has 0 fully saturated rings. The molecule has 0 aliphatic carbocycles. The zero-order valence-electron chi connectivity index (χ0n) is 12.0. The number of benzene rings is 1. The zero-order chi connectivity index (χ0) is 13.8. The molecule has 0 saturated heterocycles. The minimum atomic E-state index is 0.758. The molecule has 3 nitrogen and oxygen atoms in total. The van der Waals surface area contributed by atoms with Crippen molar-refractivity contribution >= 4 is 22.3 Å². The Hall–Kier alpha value is -1.77. The number of nitrogens with zero attached hydrogens (tertiary/aromatic N) is 1. The summed E-state index contributed by atoms with van der Waals surface area (Å²) in [6.07, 6.45) is 2.43. The smallest absolute Gasteiger partial charge is 0.0727 e. The van der Waals surface area contributed by atoms with Gasteiger partial charge in [0.1, 0.15) is 0 Å². The molecule has 0 radical (unpaired) electrons. The fourth-order valence-corrected chi connectivity index (χ4v) is 2.26. The first-order valence-electron chi connectivity index (χ1n) is 6.97. The summed E-state index contributed by atoms with van der Waals surface area (Å²) in [6.45, 7) is 7.53. The number of aryl methyl sites for hydroxylation is 1. The van der Waals surface area contributed by atoms with Crippen LogP contribution in [0.5, 0.6) is 0 Å². The Labute approximate surface area is 115 Å². The van der Waals surface area contributed by atoms with Crippen LogP contribution in [0, 0.1) is 12.8 Å². The molecule has 3 heteroatoms. The molecule has 0 amide bonds. The average Bonchev–Trinajstić information content (AvgIpc) is 2.35. The van der Waals surface area contributed by atoms with Crippen LogP contribution in [0.2, 0.25) is 0 Å². The lowest BCUT2D eigenvalue weighted by Crippen LogP contribution is -2.04. The van der Waals surface area contributed by atoms with E-state index in [0.717, 1.165) is 40.4 Å². The van der Waals surface area contributed by atoms with Gasteiger partial charge in [0.25, 0.3) is 0 Å². The highest BCUT2D eigenvalue weighted by Gasteiger charge is 2.04. The maximum absolute atomic E-state index is 5.87. The maximum Gasteiger partial charge on any atom is 0.0727 e. The van der Waals surface area contributed by atoms with E-state index < -0.39 is 0 Å². The van der Waals surface area contributed by atoms with Gasteiger partial charge >= 0.3 is 0 Å². The zero-order valence-corrected chi connectivity index (χ0v) is 12.0. The van der Waals surface area contributed by atoms with Crippen molar-refractivity contribution in [3.63, 3.8) is 0 Å². The second-order valence-corrected chi connectivity index (χ2v) is 5.55. The van der Waals surface area contributed by atoms with Crippen LogP contribution in [0.4, 0.5) is 11.4 Å². The first-order valence-corrected chi connectivity index (χ1v) is 6.97. The van der Waals surface area contributed by atoms with Crippen molar-refractivity contribution in [3.05, 3.63) is 30.0 Å². The summed E-state index contributed by atoms with van der Waals surface area (Å²) in [5, 5.41) is 4.62. The van der Waals surface area contributed by atoms with Crippen LogP contribution in [-0.2, 0) is 0 Å². The van der Waals surface area contributed by atoms with Crippen molar-refractivity contribution in [1.82, 2.24) is 4.98 Å². The highest BCUT2D eigenvalue weighted by atomic mass is 14.9. The number of aromatic nitrogens is 1. The SMILES string of the molecule is Cc1cc(NCCCC(C)C)c2cc(N)ccc2n1. The summed E-state index contributed by atoms with van der Waals surface area (Å²) in [6, 6.07) is 7.97. The van der Waals surface area contributed by atoms with Crippen molar-refractivity contribution in [2.24, 2.45) is 5.92 Å². The lowest BCUT2D eigenvalue weighted by molar-refractivity contribution is 0.567. The average molecular weight is 257 g/mol. The van der Waals surface area contributed by atoms with Crippen LogP contribution in [0.1, 0.15) is 32.4 Å². The van der Waals surface area contributed by atoms with Crippen LogP contribution < -0.4 is 11.1 Å². The van der Waals surface area contributed by atoms with Crippen LogP contribution in [-0.4, -0.2) is 11.5 Å². The van der Waals surface area contributed by atoms with E-state index in [1.165, 1.54) is 12.8 Å². The highest BCUT2D eigenvalue weighted by Crippen LogP contribution is 2.25. The van der Waals surface area contributed by atoms with Crippen molar-refractivity contribution in [1.29, 1.82) is 0 Å². The van der Waals surface area contributed by atoms with E-state index in [0.29, 0.717) is 0 Å². The lowest BCUT2D eigenvalue weighted by Gasteiger charge is -2.12. The molecule has 0 unspecified atom stereocenters. The van der Waals surface area contributed by atoms with E-state index >= 15 is 0 Å². The van der Waals surface area contributed by atoms with E-state index in [2.05, 4.69) is 30.2 Å². The van der Waals surface area contributed by atoms with Gasteiger partial charge in [-0.1, -0.05) is 13.8 Å². The molecule has 3 N–H and O–H groups in total. The van der Waals surface area contributed by atoms with Crippen molar-refractivity contribution < 1.29 is 0 Å². The third-order valence-corrected chi connectivity index (χ3v) is 3.23. The third-order valence-electron chi connectivity index (χ3n) is 3.23. The topological polar surface area (TPSA) is 50.9 Å². The highest BCUT2D eigenvalue weighted by molar-refractivity contribution is 5.93. The van der Waals surface area contributed by atoms with Gasteiger partial charge in [0.05, 0.1) is 5.52 Å². The molecule has 2 aromatic rings. The molecule has 0 atom stereocenters. The van der Waals surface area contributed by atoms with Gasteiger partial charge in [-0.2, -0.15) is 0 Å². The lowest BCUT2D eigenvalue weighted by atomic mass is 10.1. The Balaban J connectivity index is 2.19. The summed E-state index contributed by atoms with van der Waals surface area (Å²) >= 11 is 0. The summed E-state index contributed by atoms with van der Waals surface area (Å²) in [7, 11) is 0. The number of rotatable bonds is 5. The Kier molecular flexibility index (Phi) is 4.25. The van der Waals surface area contributed by atoms with Gasteiger partial charge in [-0.3, -0.25) is 4.98 Å². The van der Waals surface area contributed by atoms with Crippen LogP contribution in [0.15, 0.2) is 24.3 Å². The molecule has 1 aromatic carbocycles. The summed E-state index contributed by atoms with van der Waals surface area (Å²) < 4.78 is 0. The molecule has 1 aromatic heterocycles. The molecular weight excluding hydrogens is 234 g/mol. The number of hydrogen-bond donors (Lipinski definition) is 2. The third kappa shape index (κ3) is 3.60. The van der Waals surface area contributed by atoms with Crippen molar-refractivity contribution in [2.45, 2.75) is 33.6 Å². The van der Waals surface area contributed by atoms with E-state index in [-0.39, 0.29) is 0 Å². The predicted molar refractivity (Wildman–Crippen MR) is 83.5 cm³/mol. The van der Waals surface area contributed by atoms with Crippen LogP contribution in [0.3, 0.4) is 0 Å².